The molecule has 1 aliphatic heterocycles. The molecule has 2 amide bonds. The third-order valence-corrected chi connectivity index (χ3v) is 6.03. The zero-order chi connectivity index (χ0) is 23.5. The lowest BCUT2D eigenvalue weighted by atomic mass is 10.00. The second kappa shape index (κ2) is 12.6. The van der Waals surface area contributed by atoms with Gasteiger partial charge in [-0.05, 0) is 62.0 Å². The largest absolute Gasteiger partial charge is 0.469 e. The Balaban J connectivity index is 1.52. The lowest BCUT2D eigenvalue weighted by Crippen LogP contribution is -2.43. The van der Waals surface area contributed by atoms with Crippen molar-refractivity contribution < 1.29 is 14.3 Å². The van der Waals surface area contributed by atoms with Crippen LogP contribution in [0.25, 0.3) is 0 Å². The predicted molar refractivity (Wildman–Crippen MR) is 128 cm³/mol. The lowest BCUT2D eigenvalue weighted by molar-refractivity contribution is -0.142. The number of urea groups is 1. The highest BCUT2D eigenvalue weighted by molar-refractivity contribution is 5.89. The molecule has 174 valence electrons. The van der Waals surface area contributed by atoms with Crippen molar-refractivity contribution >= 4 is 17.7 Å². The Kier molecular flexibility index (Phi) is 9.28. The van der Waals surface area contributed by atoms with Gasteiger partial charge in [0.15, 0.2) is 0 Å². The third kappa shape index (κ3) is 7.62. The van der Waals surface area contributed by atoms with E-state index in [1.165, 1.54) is 13.5 Å². The Morgan fingerprint density at radius 3 is 2.58 bits per heavy atom. The zero-order valence-corrected chi connectivity index (χ0v) is 19.2. The minimum Gasteiger partial charge on any atom is -0.469 e. The van der Waals surface area contributed by atoms with E-state index in [0.717, 1.165) is 37.1 Å². The molecular weight excluding hydrogens is 416 g/mol. The molecular formula is C26H32N4O3. The van der Waals surface area contributed by atoms with Crippen LogP contribution in [0, 0.1) is 11.3 Å². The number of ether oxygens (including phenoxy) is 1. The molecule has 2 N–H and O–H groups in total. The molecule has 0 aromatic heterocycles. The summed E-state index contributed by atoms with van der Waals surface area (Å²) in [6, 6.07) is 17.3. The Labute approximate surface area is 195 Å². The van der Waals surface area contributed by atoms with Crippen molar-refractivity contribution in [1.29, 1.82) is 5.26 Å². The predicted octanol–water partition coefficient (Wildman–Crippen LogP) is 4.08. The average Bonchev–Trinajstić information content (AvgIpc) is 2.85. The maximum Gasteiger partial charge on any atom is 0.319 e. The number of anilines is 1. The molecule has 3 rings (SSSR count). The average molecular weight is 449 g/mol. The molecule has 2 aromatic rings. The standard InChI is InChI=1S/C26H32N4O3/c1-33-25(31)18-24(30-14-6-3-7-15-30)12-13-28-26(32)29-23-11-10-21(22(17-23)19-27)16-20-8-4-2-5-9-20/h2,4-5,8-11,17,24H,3,6-7,12-16,18H2,1H3,(H2,28,29,32). The summed E-state index contributed by atoms with van der Waals surface area (Å²) in [5, 5.41) is 15.2. The number of nitriles is 1. The number of likely N-dealkylation sites (tertiary alicyclic amines) is 1. The summed E-state index contributed by atoms with van der Waals surface area (Å²) in [5.74, 6) is -0.227. The van der Waals surface area contributed by atoms with E-state index in [9.17, 15) is 14.9 Å². The van der Waals surface area contributed by atoms with E-state index in [1.54, 1.807) is 6.07 Å². The highest BCUT2D eigenvalue weighted by Crippen LogP contribution is 2.19. The first-order valence-electron chi connectivity index (χ1n) is 11.5. The Bertz CT molecular complexity index is 965. The van der Waals surface area contributed by atoms with Crippen molar-refractivity contribution in [2.45, 2.75) is 44.6 Å². The van der Waals surface area contributed by atoms with E-state index < -0.39 is 0 Å². The van der Waals surface area contributed by atoms with E-state index in [-0.39, 0.29) is 18.0 Å². The van der Waals surface area contributed by atoms with Crippen LogP contribution < -0.4 is 10.6 Å². The number of rotatable bonds is 9. The number of piperidine rings is 1. The van der Waals surface area contributed by atoms with Gasteiger partial charge >= 0.3 is 12.0 Å². The number of carbonyl (C=O) groups excluding carboxylic acids is 2. The Hall–Kier alpha value is -3.37. The summed E-state index contributed by atoms with van der Waals surface area (Å²) in [6.45, 7) is 2.39. The van der Waals surface area contributed by atoms with Crippen molar-refractivity contribution in [2.75, 3.05) is 32.1 Å². The monoisotopic (exact) mass is 448 g/mol. The van der Waals surface area contributed by atoms with Crippen molar-refractivity contribution in [3.8, 4) is 6.07 Å². The van der Waals surface area contributed by atoms with Gasteiger partial charge in [-0.3, -0.25) is 9.69 Å². The highest BCUT2D eigenvalue weighted by atomic mass is 16.5. The molecule has 1 unspecified atom stereocenters. The fourth-order valence-corrected chi connectivity index (χ4v) is 4.23. The van der Waals surface area contributed by atoms with Crippen molar-refractivity contribution in [2.24, 2.45) is 0 Å². The summed E-state index contributed by atoms with van der Waals surface area (Å²) in [6.07, 6.45) is 5.14. The number of esters is 1. The smallest absolute Gasteiger partial charge is 0.319 e. The van der Waals surface area contributed by atoms with E-state index in [1.807, 2.05) is 42.5 Å². The molecule has 0 saturated carbocycles. The molecule has 0 spiro atoms. The number of hydrogen-bond donors (Lipinski definition) is 2. The van der Waals surface area contributed by atoms with Crippen LogP contribution in [0.4, 0.5) is 10.5 Å². The van der Waals surface area contributed by atoms with Gasteiger partial charge < -0.3 is 15.4 Å². The van der Waals surface area contributed by atoms with E-state index in [2.05, 4.69) is 21.6 Å². The minimum atomic E-state index is -0.329. The molecule has 0 aliphatic carbocycles. The molecule has 33 heavy (non-hydrogen) atoms. The first-order chi connectivity index (χ1) is 16.1. The quantitative estimate of drug-likeness (QED) is 0.564. The molecule has 0 bridgehead atoms. The molecule has 2 aromatic carbocycles. The van der Waals surface area contributed by atoms with Gasteiger partial charge in [0.05, 0.1) is 25.2 Å². The van der Waals surface area contributed by atoms with Crippen LogP contribution >= 0.6 is 0 Å². The van der Waals surface area contributed by atoms with E-state index in [0.29, 0.717) is 37.1 Å². The number of nitrogens with one attached hydrogen (secondary N) is 2. The normalized spacial score (nSPS) is 14.7. The maximum absolute atomic E-state index is 12.4. The van der Waals surface area contributed by atoms with Crippen LogP contribution in [0.3, 0.4) is 0 Å². The van der Waals surface area contributed by atoms with Gasteiger partial charge in [-0.15, -0.1) is 0 Å². The van der Waals surface area contributed by atoms with Crippen LogP contribution in [-0.2, 0) is 16.0 Å². The van der Waals surface area contributed by atoms with Gasteiger partial charge in [-0.2, -0.15) is 5.26 Å². The van der Waals surface area contributed by atoms with Crippen LogP contribution in [0.1, 0.15) is 48.8 Å². The van der Waals surface area contributed by atoms with E-state index in [4.69, 9.17) is 4.74 Å². The van der Waals surface area contributed by atoms with Crippen molar-refractivity contribution in [3.05, 3.63) is 65.2 Å². The third-order valence-electron chi connectivity index (χ3n) is 6.03. The number of carbonyl (C=O) groups is 2. The molecule has 1 saturated heterocycles. The second-order valence-electron chi connectivity index (χ2n) is 8.35. The molecule has 1 atom stereocenters. The summed E-state index contributed by atoms with van der Waals surface area (Å²) in [7, 11) is 1.40. The molecule has 0 radical (unpaired) electrons. The van der Waals surface area contributed by atoms with Crippen LogP contribution in [0.2, 0.25) is 0 Å². The first-order valence-corrected chi connectivity index (χ1v) is 11.5. The highest BCUT2D eigenvalue weighted by Gasteiger charge is 2.23. The van der Waals surface area contributed by atoms with Crippen LogP contribution in [0.15, 0.2) is 48.5 Å². The first kappa shape index (κ1) is 24.3. The maximum atomic E-state index is 12.4. The Morgan fingerprint density at radius 2 is 1.88 bits per heavy atom. The van der Waals surface area contributed by atoms with Crippen molar-refractivity contribution in [1.82, 2.24) is 10.2 Å². The molecule has 7 heteroatoms. The van der Waals surface area contributed by atoms with Crippen molar-refractivity contribution in [3.63, 3.8) is 0 Å². The van der Waals surface area contributed by atoms with Crippen LogP contribution in [0.5, 0.6) is 0 Å². The zero-order valence-electron chi connectivity index (χ0n) is 19.2. The molecule has 1 fully saturated rings. The molecule has 1 aliphatic rings. The Morgan fingerprint density at radius 1 is 1.12 bits per heavy atom. The summed E-state index contributed by atoms with van der Waals surface area (Å²) in [4.78, 5) is 26.6. The number of nitrogens with zero attached hydrogens (tertiary/aromatic N) is 2. The molecule has 1 heterocycles. The number of amides is 2. The fraction of sp³-hybridized carbons (Fsp3) is 0.423. The van der Waals surface area contributed by atoms with Crippen LogP contribution in [-0.4, -0.2) is 49.7 Å². The van der Waals surface area contributed by atoms with Gasteiger partial charge in [0.1, 0.15) is 0 Å². The molecule has 7 nitrogen and oxygen atoms in total. The summed E-state index contributed by atoms with van der Waals surface area (Å²) < 4.78 is 4.86. The van der Waals surface area contributed by atoms with Gasteiger partial charge in [0.25, 0.3) is 0 Å². The number of benzene rings is 2. The summed E-state index contributed by atoms with van der Waals surface area (Å²) in [5.41, 5.74) is 3.16. The lowest BCUT2D eigenvalue weighted by Gasteiger charge is -2.34. The fourth-order valence-electron chi connectivity index (χ4n) is 4.23. The van der Waals surface area contributed by atoms with Gasteiger partial charge in [0, 0.05) is 18.3 Å². The second-order valence-corrected chi connectivity index (χ2v) is 8.35. The number of hydrogen-bond acceptors (Lipinski definition) is 5. The van der Waals surface area contributed by atoms with Gasteiger partial charge in [-0.1, -0.05) is 42.8 Å². The topological polar surface area (TPSA) is 94.5 Å². The van der Waals surface area contributed by atoms with Gasteiger partial charge in [0.2, 0.25) is 0 Å². The minimum absolute atomic E-state index is 0.0560. The van der Waals surface area contributed by atoms with Gasteiger partial charge in [-0.25, -0.2) is 4.79 Å². The van der Waals surface area contributed by atoms with E-state index >= 15 is 0 Å². The SMILES string of the molecule is COC(=O)CC(CCNC(=O)Nc1ccc(Cc2ccccc2)c(C#N)c1)N1CCCCC1. The number of methoxy groups -OCH3 is 1. The summed E-state index contributed by atoms with van der Waals surface area (Å²) >= 11 is 0.